The largest absolute Gasteiger partial charge is 0.493 e. The lowest BCUT2D eigenvalue weighted by Crippen LogP contribution is -2.45. The molecule has 13 heteroatoms. The highest BCUT2D eigenvalue weighted by Crippen LogP contribution is 2.34. The summed E-state index contributed by atoms with van der Waals surface area (Å²) in [5.41, 5.74) is 2.20. The zero-order chi connectivity index (χ0) is 25.0. The SMILES string of the molecule is COc1cc(/C=C2/SC(=S)N(NC(=O)c3ccccc3[N+](=O)[O-])C2=O)ccc1OC(C)C(=O)O. The number of hydrogen-bond acceptors (Lipinski definition) is 9. The number of aliphatic carboxylic acids is 1. The van der Waals surface area contributed by atoms with Crippen molar-refractivity contribution in [2.24, 2.45) is 0 Å². The van der Waals surface area contributed by atoms with Crippen LogP contribution in [0.25, 0.3) is 6.08 Å². The average Bonchev–Trinajstić information content (AvgIpc) is 3.06. The molecule has 1 heterocycles. The number of ether oxygens (including phenoxy) is 2. The van der Waals surface area contributed by atoms with Crippen LogP contribution in [0.3, 0.4) is 0 Å². The number of carboxylic acids is 1. The molecule has 1 atom stereocenters. The molecule has 1 aliphatic rings. The first kappa shape index (κ1) is 24.7. The molecular weight excluding hydrogens is 486 g/mol. The van der Waals surface area contributed by atoms with Crippen LogP contribution in [0.4, 0.5) is 5.69 Å². The first-order chi connectivity index (χ1) is 16.1. The number of methoxy groups -OCH3 is 1. The summed E-state index contributed by atoms with van der Waals surface area (Å²) in [6.45, 7) is 1.37. The van der Waals surface area contributed by atoms with Crippen LogP contribution in [0.1, 0.15) is 22.8 Å². The Morgan fingerprint density at radius 3 is 2.62 bits per heavy atom. The van der Waals surface area contributed by atoms with Crippen molar-refractivity contribution in [1.29, 1.82) is 0 Å². The molecule has 0 radical (unpaired) electrons. The number of nitrogens with zero attached hydrogens (tertiary/aromatic N) is 2. The van der Waals surface area contributed by atoms with Crippen molar-refractivity contribution in [3.8, 4) is 11.5 Å². The van der Waals surface area contributed by atoms with Gasteiger partial charge in [-0.05, 0) is 49.0 Å². The number of nitrogens with one attached hydrogen (secondary N) is 1. The number of thioether (sulfide) groups is 1. The van der Waals surface area contributed by atoms with Gasteiger partial charge in [0, 0.05) is 6.07 Å². The number of benzene rings is 2. The Morgan fingerprint density at radius 2 is 1.97 bits per heavy atom. The molecule has 1 aliphatic heterocycles. The van der Waals surface area contributed by atoms with Gasteiger partial charge >= 0.3 is 5.97 Å². The standard InChI is InChI=1S/C21H17N3O8S2/c1-11(20(27)28)32-15-8-7-12(9-16(15)31-2)10-17-19(26)23(21(33)34-17)22-18(25)13-5-3-4-6-14(13)24(29)30/h3-11H,1-2H3,(H,22,25)(H,27,28)/b17-10+. The second-order valence-electron chi connectivity index (χ2n) is 6.74. The van der Waals surface area contributed by atoms with E-state index in [4.69, 9.17) is 26.8 Å². The summed E-state index contributed by atoms with van der Waals surface area (Å²) < 4.78 is 10.6. The van der Waals surface area contributed by atoms with E-state index in [1.165, 1.54) is 50.4 Å². The van der Waals surface area contributed by atoms with Gasteiger partial charge in [-0.1, -0.05) is 30.0 Å². The summed E-state index contributed by atoms with van der Waals surface area (Å²) in [5.74, 6) is -2.17. The molecule has 11 nitrogen and oxygen atoms in total. The Morgan fingerprint density at radius 1 is 1.26 bits per heavy atom. The van der Waals surface area contributed by atoms with Gasteiger partial charge in [0.1, 0.15) is 5.56 Å². The minimum atomic E-state index is -1.14. The summed E-state index contributed by atoms with van der Waals surface area (Å²) in [6.07, 6.45) is 0.406. The molecule has 1 unspecified atom stereocenters. The Kier molecular flexibility index (Phi) is 7.48. The van der Waals surface area contributed by atoms with Gasteiger partial charge in [-0.2, -0.15) is 5.01 Å². The maximum Gasteiger partial charge on any atom is 0.344 e. The van der Waals surface area contributed by atoms with Crippen LogP contribution in [0.2, 0.25) is 0 Å². The molecule has 0 bridgehead atoms. The van der Waals surface area contributed by atoms with Crippen LogP contribution in [0.5, 0.6) is 11.5 Å². The third-order valence-corrected chi connectivity index (χ3v) is 5.79. The number of carbonyl (C=O) groups excluding carboxylic acids is 2. The van der Waals surface area contributed by atoms with Crippen molar-refractivity contribution in [1.82, 2.24) is 10.4 Å². The highest BCUT2D eigenvalue weighted by Gasteiger charge is 2.35. The average molecular weight is 504 g/mol. The smallest absolute Gasteiger partial charge is 0.344 e. The highest BCUT2D eigenvalue weighted by atomic mass is 32.2. The van der Waals surface area contributed by atoms with Crippen molar-refractivity contribution in [2.45, 2.75) is 13.0 Å². The van der Waals surface area contributed by atoms with Crippen molar-refractivity contribution in [3.05, 3.63) is 68.6 Å². The Bertz CT molecular complexity index is 1230. The maximum atomic E-state index is 12.8. The molecule has 34 heavy (non-hydrogen) atoms. The molecule has 176 valence electrons. The molecule has 2 amide bonds. The topological polar surface area (TPSA) is 148 Å². The fourth-order valence-electron chi connectivity index (χ4n) is 2.81. The number of carbonyl (C=O) groups is 3. The van der Waals surface area contributed by atoms with Crippen LogP contribution in [-0.4, -0.2) is 50.4 Å². The monoisotopic (exact) mass is 503 g/mol. The quantitative estimate of drug-likeness (QED) is 0.238. The summed E-state index contributed by atoms with van der Waals surface area (Å²) in [5, 5.41) is 21.0. The fraction of sp³-hybridized carbons (Fsp3) is 0.143. The van der Waals surface area contributed by atoms with E-state index in [0.29, 0.717) is 5.56 Å². The number of nitro groups is 1. The zero-order valence-electron chi connectivity index (χ0n) is 17.7. The number of para-hydroxylation sites is 1. The van der Waals surface area contributed by atoms with E-state index >= 15 is 0 Å². The van der Waals surface area contributed by atoms with Crippen molar-refractivity contribution in [3.63, 3.8) is 0 Å². The van der Waals surface area contributed by atoms with Gasteiger partial charge < -0.3 is 14.6 Å². The number of rotatable bonds is 8. The number of amides is 2. The maximum absolute atomic E-state index is 12.8. The summed E-state index contributed by atoms with van der Waals surface area (Å²) in [7, 11) is 1.38. The Labute approximate surface area is 202 Å². The molecule has 0 spiro atoms. The lowest BCUT2D eigenvalue weighted by Gasteiger charge is -2.15. The normalized spacial score (nSPS) is 15.2. The number of hydrogen-bond donors (Lipinski definition) is 2. The Hall–Kier alpha value is -3.97. The van der Waals surface area contributed by atoms with E-state index in [2.05, 4.69) is 5.43 Å². The fourth-order valence-corrected chi connectivity index (χ4v) is 3.99. The second-order valence-corrected chi connectivity index (χ2v) is 8.42. The predicted octanol–water partition coefficient (Wildman–Crippen LogP) is 3.00. The molecule has 1 fully saturated rings. The van der Waals surface area contributed by atoms with Crippen LogP contribution >= 0.6 is 24.0 Å². The van der Waals surface area contributed by atoms with Crippen molar-refractivity contribution in [2.75, 3.05) is 7.11 Å². The summed E-state index contributed by atoms with van der Waals surface area (Å²) >= 11 is 6.11. The number of nitro benzene ring substituents is 1. The van der Waals surface area contributed by atoms with Crippen LogP contribution in [0.15, 0.2) is 47.4 Å². The molecular formula is C21H17N3O8S2. The van der Waals surface area contributed by atoms with Crippen LogP contribution < -0.4 is 14.9 Å². The molecule has 2 aromatic rings. The molecule has 1 saturated heterocycles. The number of hydrazine groups is 1. The van der Waals surface area contributed by atoms with Gasteiger partial charge in [0.05, 0.1) is 16.9 Å². The highest BCUT2D eigenvalue weighted by molar-refractivity contribution is 8.26. The molecule has 2 aromatic carbocycles. The van der Waals surface area contributed by atoms with Gasteiger partial charge in [0.15, 0.2) is 21.9 Å². The van der Waals surface area contributed by atoms with E-state index in [9.17, 15) is 24.5 Å². The van der Waals surface area contributed by atoms with Gasteiger partial charge in [-0.15, -0.1) is 0 Å². The van der Waals surface area contributed by atoms with Crippen molar-refractivity contribution >= 4 is 57.8 Å². The Balaban J connectivity index is 1.80. The molecule has 0 aliphatic carbocycles. The van der Waals surface area contributed by atoms with Gasteiger partial charge in [0.25, 0.3) is 17.5 Å². The van der Waals surface area contributed by atoms with Gasteiger partial charge in [0.2, 0.25) is 0 Å². The van der Waals surface area contributed by atoms with E-state index < -0.39 is 34.5 Å². The predicted molar refractivity (Wildman–Crippen MR) is 126 cm³/mol. The van der Waals surface area contributed by atoms with Gasteiger partial charge in [-0.25, -0.2) is 4.79 Å². The first-order valence-electron chi connectivity index (χ1n) is 9.52. The molecule has 0 saturated carbocycles. The summed E-state index contributed by atoms with van der Waals surface area (Å²) in [4.78, 5) is 47.1. The van der Waals surface area contributed by atoms with Gasteiger partial charge in [-0.3, -0.25) is 25.1 Å². The molecule has 0 aromatic heterocycles. The lowest BCUT2D eigenvalue weighted by atomic mass is 10.1. The van der Waals surface area contributed by atoms with Crippen LogP contribution in [-0.2, 0) is 9.59 Å². The van der Waals surface area contributed by atoms with Crippen molar-refractivity contribution < 1.29 is 33.9 Å². The summed E-state index contributed by atoms with van der Waals surface area (Å²) in [6, 6.07) is 9.96. The minimum absolute atomic E-state index is 0.0328. The van der Waals surface area contributed by atoms with E-state index in [1.807, 2.05) is 0 Å². The van der Waals surface area contributed by atoms with E-state index in [1.54, 1.807) is 12.1 Å². The third kappa shape index (κ3) is 5.32. The first-order valence-corrected chi connectivity index (χ1v) is 10.7. The second kappa shape index (κ2) is 10.3. The third-order valence-electron chi connectivity index (χ3n) is 4.49. The minimum Gasteiger partial charge on any atom is -0.493 e. The molecule has 3 rings (SSSR count). The number of thiocarbonyl (C=S) groups is 1. The van der Waals surface area contributed by atoms with E-state index in [-0.39, 0.29) is 26.3 Å². The van der Waals surface area contributed by atoms with E-state index in [0.717, 1.165) is 16.8 Å². The zero-order valence-corrected chi connectivity index (χ0v) is 19.3. The lowest BCUT2D eigenvalue weighted by molar-refractivity contribution is -0.385. The molecule has 2 N–H and O–H groups in total. The van der Waals surface area contributed by atoms with Crippen LogP contribution in [0, 0.1) is 10.1 Å². The number of carboxylic acid groups (broad SMARTS) is 1.